The molecule has 1 aromatic carbocycles. The zero-order chi connectivity index (χ0) is 16.5. The summed E-state index contributed by atoms with van der Waals surface area (Å²) >= 11 is 5.99. The quantitative estimate of drug-likeness (QED) is 0.734. The van der Waals surface area contributed by atoms with Gasteiger partial charge >= 0.3 is 0 Å². The first kappa shape index (κ1) is 18.0. The van der Waals surface area contributed by atoms with Gasteiger partial charge in [0.1, 0.15) is 5.75 Å². The van der Waals surface area contributed by atoms with E-state index in [4.69, 9.17) is 16.3 Å². The molecule has 1 saturated heterocycles. The summed E-state index contributed by atoms with van der Waals surface area (Å²) in [5.41, 5.74) is 0. The number of carbonyl (C=O) groups is 1. The molecule has 1 aliphatic rings. The Morgan fingerprint density at radius 2 is 2.00 bits per heavy atom. The summed E-state index contributed by atoms with van der Waals surface area (Å²) in [5.74, 6) is 0.646. The number of halogens is 1. The number of ether oxygens (including phenoxy) is 1. The van der Waals surface area contributed by atoms with Gasteiger partial charge in [-0.05, 0) is 32.1 Å². The first-order chi connectivity index (χ1) is 11.1. The Balaban J connectivity index is 1.51. The summed E-state index contributed by atoms with van der Waals surface area (Å²) in [6.07, 6.45) is 1.33. The van der Waals surface area contributed by atoms with Gasteiger partial charge in [0, 0.05) is 32.7 Å². The molecule has 2 rings (SSSR count). The molecule has 5 nitrogen and oxygen atoms in total. The maximum Gasteiger partial charge on any atom is 0.223 e. The maximum atomic E-state index is 11.8. The fourth-order valence-corrected chi connectivity index (χ4v) is 2.70. The van der Waals surface area contributed by atoms with E-state index in [0.29, 0.717) is 23.8 Å². The van der Waals surface area contributed by atoms with Crippen LogP contribution in [0.15, 0.2) is 24.3 Å². The van der Waals surface area contributed by atoms with Crippen LogP contribution in [0.5, 0.6) is 5.75 Å². The summed E-state index contributed by atoms with van der Waals surface area (Å²) in [4.78, 5) is 16.6. The summed E-state index contributed by atoms with van der Waals surface area (Å²) in [5, 5.41) is 3.51. The molecule has 0 atom stereocenters. The SMILES string of the molecule is CN1CCN(CCCNC(=O)CCOc2ccccc2Cl)CC1. The predicted octanol–water partition coefficient (Wildman–Crippen LogP) is 1.86. The lowest BCUT2D eigenvalue weighted by Gasteiger charge is -2.32. The number of likely N-dealkylation sites (N-methyl/N-ethyl adjacent to an activating group) is 1. The molecule has 1 aromatic rings. The van der Waals surface area contributed by atoms with Crippen LogP contribution in [0.4, 0.5) is 0 Å². The smallest absolute Gasteiger partial charge is 0.223 e. The van der Waals surface area contributed by atoms with E-state index in [-0.39, 0.29) is 5.91 Å². The molecule has 0 aliphatic carbocycles. The largest absolute Gasteiger partial charge is 0.491 e. The molecule has 0 saturated carbocycles. The number of nitrogens with one attached hydrogen (secondary N) is 1. The van der Waals surface area contributed by atoms with E-state index in [9.17, 15) is 4.79 Å². The number of hydrogen-bond acceptors (Lipinski definition) is 4. The number of benzene rings is 1. The third-order valence-corrected chi connectivity index (χ3v) is 4.30. The molecule has 23 heavy (non-hydrogen) atoms. The van der Waals surface area contributed by atoms with Crippen LogP contribution >= 0.6 is 11.6 Å². The third-order valence-electron chi connectivity index (χ3n) is 3.99. The van der Waals surface area contributed by atoms with Gasteiger partial charge in [-0.2, -0.15) is 0 Å². The summed E-state index contributed by atoms with van der Waals surface area (Å²) in [7, 11) is 2.16. The lowest BCUT2D eigenvalue weighted by Crippen LogP contribution is -2.45. The van der Waals surface area contributed by atoms with E-state index in [1.807, 2.05) is 12.1 Å². The third kappa shape index (κ3) is 6.77. The number of nitrogens with zero attached hydrogens (tertiary/aromatic N) is 2. The van der Waals surface area contributed by atoms with Gasteiger partial charge in [-0.15, -0.1) is 0 Å². The first-order valence-electron chi connectivity index (χ1n) is 8.20. The van der Waals surface area contributed by atoms with E-state index in [1.54, 1.807) is 12.1 Å². The molecular weight excluding hydrogens is 314 g/mol. The molecule has 0 aromatic heterocycles. The molecule has 1 N–H and O–H groups in total. The van der Waals surface area contributed by atoms with Gasteiger partial charge in [-0.1, -0.05) is 23.7 Å². The minimum absolute atomic E-state index is 0.0235. The molecule has 0 bridgehead atoms. The van der Waals surface area contributed by atoms with Gasteiger partial charge in [0.05, 0.1) is 18.1 Å². The van der Waals surface area contributed by atoms with Crippen molar-refractivity contribution in [2.24, 2.45) is 0 Å². The Hall–Kier alpha value is -1.30. The van der Waals surface area contributed by atoms with Crippen molar-refractivity contribution in [2.75, 3.05) is 52.9 Å². The van der Waals surface area contributed by atoms with Crippen molar-refractivity contribution in [2.45, 2.75) is 12.8 Å². The van der Waals surface area contributed by atoms with Crippen molar-refractivity contribution < 1.29 is 9.53 Å². The average Bonchev–Trinajstić information content (AvgIpc) is 2.55. The molecular formula is C17H26ClN3O2. The normalized spacial score (nSPS) is 16.3. The van der Waals surface area contributed by atoms with Crippen LogP contribution in [0.25, 0.3) is 0 Å². The molecule has 1 heterocycles. The lowest BCUT2D eigenvalue weighted by atomic mass is 10.3. The van der Waals surface area contributed by atoms with E-state index in [1.165, 1.54) is 0 Å². The van der Waals surface area contributed by atoms with E-state index >= 15 is 0 Å². The van der Waals surface area contributed by atoms with Gasteiger partial charge < -0.3 is 19.9 Å². The number of piperazine rings is 1. The molecule has 6 heteroatoms. The summed E-state index contributed by atoms with van der Waals surface area (Å²) in [6, 6.07) is 7.29. The fraction of sp³-hybridized carbons (Fsp3) is 0.588. The van der Waals surface area contributed by atoms with Crippen molar-refractivity contribution in [3.63, 3.8) is 0 Å². The Kier molecular flexibility index (Phi) is 7.65. The van der Waals surface area contributed by atoms with Gasteiger partial charge in [0.15, 0.2) is 0 Å². The van der Waals surface area contributed by atoms with Crippen molar-refractivity contribution >= 4 is 17.5 Å². The minimum atomic E-state index is 0.0235. The molecule has 0 unspecified atom stereocenters. The monoisotopic (exact) mass is 339 g/mol. The van der Waals surface area contributed by atoms with Crippen LogP contribution in [0.3, 0.4) is 0 Å². The van der Waals surface area contributed by atoms with Gasteiger partial charge in [0.25, 0.3) is 0 Å². The van der Waals surface area contributed by atoms with Crippen LogP contribution in [-0.2, 0) is 4.79 Å². The van der Waals surface area contributed by atoms with Crippen LogP contribution in [0, 0.1) is 0 Å². The predicted molar refractivity (Wildman–Crippen MR) is 93.1 cm³/mol. The van der Waals surface area contributed by atoms with Crippen molar-refractivity contribution in [3.05, 3.63) is 29.3 Å². The standard InChI is InChI=1S/C17H26ClN3O2/c1-20-10-12-21(13-11-20)9-4-8-19-17(22)7-14-23-16-6-3-2-5-15(16)18/h2-3,5-6H,4,7-14H2,1H3,(H,19,22). The summed E-state index contributed by atoms with van der Waals surface area (Å²) in [6.45, 7) is 6.61. The van der Waals surface area contributed by atoms with Gasteiger partial charge in [-0.3, -0.25) is 4.79 Å². The number of carbonyl (C=O) groups excluding carboxylic acids is 1. The lowest BCUT2D eigenvalue weighted by molar-refractivity contribution is -0.121. The minimum Gasteiger partial charge on any atom is -0.491 e. The number of hydrogen-bond donors (Lipinski definition) is 1. The van der Waals surface area contributed by atoms with E-state index in [0.717, 1.165) is 45.7 Å². The molecule has 1 amide bonds. The van der Waals surface area contributed by atoms with Crippen molar-refractivity contribution in [3.8, 4) is 5.75 Å². The van der Waals surface area contributed by atoms with Crippen LogP contribution in [0.1, 0.15) is 12.8 Å². The van der Waals surface area contributed by atoms with Crippen LogP contribution in [-0.4, -0.2) is 68.6 Å². The molecule has 0 radical (unpaired) electrons. The number of rotatable bonds is 8. The maximum absolute atomic E-state index is 11.8. The van der Waals surface area contributed by atoms with Crippen molar-refractivity contribution in [1.29, 1.82) is 0 Å². The van der Waals surface area contributed by atoms with E-state index in [2.05, 4.69) is 22.2 Å². The summed E-state index contributed by atoms with van der Waals surface area (Å²) < 4.78 is 5.51. The fourth-order valence-electron chi connectivity index (χ4n) is 2.51. The Morgan fingerprint density at radius 1 is 1.26 bits per heavy atom. The second kappa shape index (κ2) is 9.75. The Labute approximate surface area is 143 Å². The highest BCUT2D eigenvalue weighted by Gasteiger charge is 2.12. The number of amides is 1. The Bertz CT molecular complexity index is 490. The highest BCUT2D eigenvalue weighted by molar-refractivity contribution is 6.32. The topological polar surface area (TPSA) is 44.8 Å². The van der Waals surface area contributed by atoms with E-state index < -0.39 is 0 Å². The second-order valence-electron chi connectivity index (χ2n) is 5.88. The first-order valence-corrected chi connectivity index (χ1v) is 8.58. The molecule has 128 valence electrons. The van der Waals surface area contributed by atoms with Crippen LogP contribution < -0.4 is 10.1 Å². The zero-order valence-electron chi connectivity index (χ0n) is 13.8. The zero-order valence-corrected chi connectivity index (χ0v) is 14.5. The molecule has 0 spiro atoms. The van der Waals surface area contributed by atoms with Crippen LogP contribution in [0.2, 0.25) is 5.02 Å². The second-order valence-corrected chi connectivity index (χ2v) is 6.28. The molecule has 1 fully saturated rings. The number of para-hydroxylation sites is 1. The Morgan fingerprint density at radius 3 is 2.74 bits per heavy atom. The molecule has 1 aliphatic heterocycles. The van der Waals surface area contributed by atoms with Crippen molar-refractivity contribution in [1.82, 2.24) is 15.1 Å². The highest BCUT2D eigenvalue weighted by atomic mass is 35.5. The average molecular weight is 340 g/mol. The van der Waals surface area contributed by atoms with Gasteiger partial charge in [0.2, 0.25) is 5.91 Å². The highest BCUT2D eigenvalue weighted by Crippen LogP contribution is 2.22. The van der Waals surface area contributed by atoms with Gasteiger partial charge in [-0.25, -0.2) is 0 Å².